The third-order valence-corrected chi connectivity index (χ3v) is 3.23. The zero-order chi connectivity index (χ0) is 19.1. The number of rotatable bonds is 6. The van der Waals surface area contributed by atoms with Crippen LogP contribution in [0.25, 0.3) is 0 Å². The maximum Gasteiger partial charge on any atom is 0.271 e. The molecule has 0 heterocycles. The van der Waals surface area contributed by atoms with Gasteiger partial charge in [0.05, 0.1) is 11.3 Å². The predicted molar refractivity (Wildman–Crippen MR) is 93.3 cm³/mol. The maximum atomic E-state index is 12.8. The Balaban J connectivity index is 1.88. The van der Waals surface area contributed by atoms with E-state index in [0.29, 0.717) is 11.4 Å². The lowest BCUT2D eigenvalue weighted by Crippen LogP contribution is -2.21. The number of non-ortho nitro benzene ring substituents is 1. The van der Waals surface area contributed by atoms with Gasteiger partial charge < -0.3 is 5.32 Å². The molecular formula is C17H15FN4O4. The van der Waals surface area contributed by atoms with Gasteiger partial charge in [-0.25, -0.2) is 9.82 Å². The van der Waals surface area contributed by atoms with Gasteiger partial charge in [-0.05, 0) is 43.3 Å². The second-order valence-electron chi connectivity index (χ2n) is 5.32. The normalized spacial score (nSPS) is 10.9. The van der Waals surface area contributed by atoms with Gasteiger partial charge in [-0.3, -0.25) is 19.7 Å². The van der Waals surface area contributed by atoms with Gasteiger partial charge in [0.2, 0.25) is 5.91 Å². The van der Waals surface area contributed by atoms with E-state index in [1.807, 2.05) is 0 Å². The first-order valence-corrected chi connectivity index (χ1v) is 7.48. The molecule has 9 heteroatoms. The van der Waals surface area contributed by atoms with Crippen LogP contribution in [0.4, 0.5) is 15.8 Å². The fraction of sp³-hybridized carbons (Fsp3) is 0.118. The van der Waals surface area contributed by atoms with Crippen molar-refractivity contribution in [1.82, 2.24) is 5.43 Å². The molecule has 0 bridgehead atoms. The average molecular weight is 358 g/mol. The Kier molecular flexibility index (Phi) is 6.10. The van der Waals surface area contributed by atoms with Crippen LogP contribution in [-0.4, -0.2) is 22.4 Å². The number of nitrogens with zero attached hydrogens (tertiary/aromatic N) is 2. The number of nitrogens with one attached hydrogen (secondary N) is 2. The van der Waals surface area contributed by atoms with Crippen LogP contribution in [-0.2, 0) is 4.79 Å². The summed E-state index contributed by atoms with van der Waals surface area (Å²) in [7, 11) is 0. The van der Waals surface area contributed by atoms with Crippen LogP contribution in [0.5, 0.6) is 0 Å². The van der Waals surface area contributed by atoms with Crippen LogP contribution < -0.4 is 10.7 Å². The topological polar surface area (TPSA) is 114 Å². The summed E-state index contributed by atoms with van der Waals surface area (Å²) >= 11 is 0. The minimum atomic E-state index is -0.566. The molecule has 8 nitrogen and oxygen atoms in total. The lowest BCUT2D eigenvalue weighted by atomic mass is 10.2. The summed E-state index contributed by atoms with van der Waals surface area (Å²) in [6.45, 7) is 1.56. The third kappa shape index (κ3) is 5.48. The molecule has 0 saturated heterocycles. The van der Waals surface area contributed by atoms with Gasteiger partial charge in [0.25, 0.3) is 11.6 Å². The Labute approximate surface area is 147 Å². The van der Waals surface area contributed by atoms with E-state index >= 15 is 0 Å². The molecular weight excluding hydrogens is 343 g/mol. The molecule has 2 aromatic rings. The smallest absolute Gasteiger partial charge is 0.271 e. The summed E-state index contributed by atoms with van der Waals surface area (Å²) in [5.74, 6) is -1.34. The first-order chi connectivity index (χ1) is 12.3. The molecule has 0 aromatic heterocycles. The van der Waals surface area contributed by atoms with E-state index in [4.69, 9.17) is 0 Å². The zero-order valence-corrected chi connectivity index (χ0v) is 13.7. The van der Waals surface area contributed by atoms with Gasteiger partial charge in [-0.15, -0.1) is 0 Å². The summed E-state index contributed by atoms with van der Waals surface area (Å²) in [6, 6.07) is 10.3. The van der Waals surface area contributed by atoms with Gasteiger partial charge in [0.15, 0.2) is 0 Å². The summed E-state index contributed by atoms with van der Waals surface area (Å²) < 4.78 is 12.8. The number of carbonyl (C=O) groups is 2. The average Bonchev–Trinajstić information content (AvgIpc) is 2.61. The lowest BCUT2D eigenvalue weighted by Gasteiger charge is -2.05. The first kappa shape index (κ1) is 18.7. The highest BCUT2D eigenvalue weighted by atomic mass is 19.1. The van der Waals surface area contributed by atoms with Crippen LogP contribution in [0.3, 0.4) is 0 Å². The van der Waals surface area contributed by atoms with Crippen molar-refractivity contribution in [3.8, 4) is 0 Å². The van der Waals surface area contributed by atoms with Crippen molar-refractivity contribution < 1.29 is 18.9 Å². The summed E-state index contributed by atoms with van der Waals surface area (Å²) in [5.41, 5.74) is 3.14. The van der Waals surface area contributed by atoms with Gasteiger partial charge in [0.1, 0.15) is 5.82 Å². The standard InChI is InChI=1S/C17H15FN4O4/c1-11(10-16(23)19-14-6-4-13(18)5-7-14)20-21-17(24)12-2-8-15(9-3-12)22(25)26/h2-9H,10H2,1H3,(H,19,23)(H,21,24). The molecule has 26 heavy (non-hydrogen) atoms. The molecule has 2 N–H and O–H groups in total. The number of nitro benzene ring substituents is 1. The number of halogens is 1. The number of carbonyl (C=O) groups excluding carboxylic acids is 2. The van der Waals surface area contributed by atoms with Crippen molar-refractivity contribution >= 4 is 28.9 Å². The van der Waals surface area contributed by atoms with Crippen molar-refractivity contribution in [3.05, 3.63) is 70.0 Å². The van der Waals surface area contributed by atoms with Gasteiger partial charge in [-0.2, -0.15) is 5.10 Å². The van der Waals surface area contributed by atoms with Crippen molar-refractivity contribution in [3.63, 3.8) is 0 Å². The maximum absolute atomic E-state index is 12.8. The van der Waals surface area contributed by atoms with Crippen molar-refractivity contribution in [2.75, 3.05) is 5.32 Å². The Morgan fingerprint density at radius 1 is 1.12 bits per heavy atom. The van der Waals surface area contributed by atoms with Crippen LogP contribution in [0, 0.1) is 15.9 Å². The molecule has 0 fully saturated rings. The fourth-order valence-electron chi connectivity index (χ4n) is 1.96. The number of hydrogen-bond acceptors (Lipinski definition) is 5. The van der Waals surface area contributed by atoms with Gasteiger partial charge in [0, 0.05) is 29.1 Å². The molecule has 134 valence electrons. The molecule has 2 aromatic carbocycles. The Hall–Kier alpha value is -3.62. The second-order valence-corrected chi connectivity index (χ2v) is 5.32. The van der Waals surface area contributed by atoms with Crippen LogP contribution in [0.15, 0.2) is 53.6 Å². The van der Waals surface area contributed by atoms with E-state index in [0.717, 1.165) is 0 Å². The molecule has 2 amide bonds. The van der Waals surface area contributed by atoms with Crippen LogP contribution in [0.2, 0.25) is 0 Å². The second kappa shape index (κ2) is 8.47. The molecule has 0 saturated carbocycles. The quantitative estimate of drug-likeness (QED) is 0.469. The number of hydrazone groups is 1. The van der Waals surface area contributed by atoms with Crippen molar-refractivity contribution in [1.29, 1.82) is 0 Å². The van der Waals surface area contributed by atoms with Crippen molar-refractivity contribution in [2.24, 2.45) is 5.10 Å². The van der Waals surface area contributed by atoms with E-state index in [1.165, 1.54) is 48.5 Å². The molecule has 0 aliphatic heterocycles. The first-order valence-electron chi connectivity index (χ1n) is 7.48. The SMILES string of the molecule is CC(CC(=O)Nc1ccc(F)cc1)=NNC(=O)c1ccc([N+](=O)[O-])cc1. The lowest BCUT2D eigenvalue weighted by molar-refractivity contribution is -0.384. The largest absolute Gasteiger partial charge is 0.326 e. The van der Waals surface area contributed by atoms with E-state index in [2.05, 4.69) is 15.8 Å². The highest BCUT2D eigenvalue weighted by Gasteiger charge is 2.10. The number of benzene rings is 2. The van der Waals surface area contributed by atoms with E-state index in [9.17, 15) is 24.1 Å². The highest BCUT2D eigenvalue weighted by Crippen LogP contribution is 2.12. The monoisotopic (exact) mass is 358 g/mol. The van der Waals surface area contributed by atoms with Crippen molar-refractivity contribution in [2.45, 2.75) is 13.3 Å². The molecule has 0 radical (unpaired) electrons. The van der Waals surface area contributed by atoms with E-state index < -0.39 is 16.6 Å². The number of amides is 2. The number of nitro groups is 1. The number of hydrogen-bond donors (Lipinski definition) is 2. The van der Waals surface area contributed by atoms with Gasteiger partial charge >= 0.3 is 0 Å². The molecule has 0 aliphatic rings. The zero-order valence-electron chi connectivity index (χ0n) is 13.7. The minimum Gasteiger partial charge on any atom is -0.326 e. The van der Waals surface area contributed by atoms with E-state index in [-0.39, 0.29) is 23.6 Å². The molecule has 0 unspecified atom stereocenters. The van der Waals surface area contributed by atoms with Crippen LogP contribution in [0.1, 0.15) is 23.7 Å². The fourth-order valence-corrected chi connectivity index (χ4v) is 1.96. The van der Waals surface area contributed by atoms with Gasteiger partial charge in [-0.1, -0.05) is 0 Å². The highest BCUT2D eigenvalue weighted by molar-refractivity contribution is 6.06. The Morgan fingerprint density at radius 3 is 2.31 bits per heavy atom. The molecule has 0 spiro atoms. The predicted octanol–water partition coefficient (Wildman–Crippen LogP) is 2.87. The Bertz CT molecular complexity index is 848. The molecule has 2 rings (SSSR count). The third-order valence-electron chi connectivity index (χ3n) is 3.23. The Morgan fingerprint density at radius 2 is 1.73 bits per heavy atom. The summed E-state index contributed by atoms with van der Waals surface area (Å²) in [4.78, 5) is 33.8. The molecule has 0 atom stereocenters. The summed E-state index contributed by atoms with van der Waals surface area (Å²) in [5, 5.41) is 17.0. The minimum absolute atomic E-state index is 0.0715. The molecule has 0 aliphatic carbocycles. The summed E-state index contributed by atoms with van der Waals surface area (Å²) in [6.07, 6.45) is -0.0715. The number of anilines is 1. The van der Waals surface area contributed by atoms with Crippen LogP contribution >= 0.6 is 0 Å². The van der Waals surface area contributed by atoms with E-state index in [1.54, 1.807) is 6.92 Å².